The highest BCUT2D eigenvalue weighted by atomic mass is 16.2. The lowest BCUT2D eigenvalue weighted by Crippen LogP contribution is -2.46. The molecular weight excluding hydrogens is 344 g/mol. The Morgan fingerprint density at radius 3 is 2.44 bits per heavy atom. The number of carbonyl (C=O) groups excluding carboxylic acids is 3. The first-order valence-corrected chi connectivity index (χ1v) is 9.52. The van der Waals surface area contributed by atoms with Gasteiger partial charge < -0.3 is 15.5 Å². The molecule has 7 nitrogen and oxygen atoms in total. The van der Waals surface area contributed by atoms with E-state index in [1.165, 1.54) is 5.56 Å². The Morgan fingerprint density at radius 2 is 1.85 bits per heavy atom. The van der Waals surface area contributed by atoms with Crippen LogP contribution in [-0.2, 0) is 22.7 Å². The van der Waals surface area contributed by atoms with Crippen molar-refractivity contribution < 1.29 is 14.4 Å². The zero-order valence-electron chi connectivity index (χ0n) is 16.7. The lowest BCUT2D eigenvalue weighted by molar-refractivity contribution is -0.135. The largest absolute Gasteiger partial charge is 0.350 e. The molecule has 2 N–H and O–H groups in total. The van der Waals surface area contributed by atoms with Crippen molar-refractivity contribution in [2.75, 3.05) is 20.1 Å². The number of benzene rings is 1. The predicted molar refractivity (Wildman–Crippen MR) is 104 cm³/mol. The predicted octanol–water partition coefficient (Wildman–Crippen LogP) is 1.87. The van der Waals surface area contributed by atoms with Gasteiger partial charge in [-0.25, -0.2) is 4.79 Å². The molecule has 27 heavy (non-hydrogen) atoms. The van der Waals surface area contributed by atoms with Crippen LogP contribution in [0.4, 0.5) is 4.79 Å². The van der Waals surface area contributed by atoms with Crippen LogP contribution in [0.25, 0.3) is 0 Å². The Morgan fingerprint density at radius 1 is 1.19 bits per heavy atom. The molecule has 1 saturated heterocycles. The molecule has 1 aromatic rings. The van der Waals surface area contributed by atoms with Crippen LogP contribution in [-0.4, -0.2) is 53.3 Å². The molecule has 0 unspecified atom stereocenters. The Bertz CT molecular complexity index is 700. The second kappa shape index (κ2) is 8.99. The fourth-order valence-electron chi connectivity index (χ4n) is 3.21. The highest BCUT2D eigenvalue weighted by molar-refractivity contribution is 6.08. The highest BCUT2D eigenvalue weighted by Gasteiger charge is 2.49. The third-order valence-corrected chi connectivity index (χ3v) is 5.23. The number of hydrogen-bond donors (Lipinski definition) is 2. The fraction of sp³-hybridized carbons (Fsp3) is 0.550. The quantitative estimate of drug-likeness (QED) is 0.647. The van der Waals surface area contributed by atoms with Gasteiger partial charge in [0.05, 0.1) is 0 Å². The minimum Gasteiger partial charge on any atom is -0.350 e. The van der Waals surface area contributed by atoms with Gasteiger partial charge in [-0.3, -0.25) is 14.5 Å². The first-order valence-electron chi connectivity index (χ1n) is 9.52. The van der Waals surface area contributed by atoms with Crippen LogP contribution in [0.2, 0.25) is 0 Å². The molecule has 0 atom stereocenters. The van der Waals surface area contributed by atoms with Gasteiger partial charge in [0.25, 0.3) is 5.91 Å². The van der Waals surface area contributed by atoms with Crippen molar-refractivity contribution in [2.24, 2.45) is 0 Å². The summed E-state index contributed by atoms with van der Waals surface area (Å²) in [6.07, 6.45) is 1.01. The number of nitrogens with one attached hydrogen (secondary N) is 2. The van der Waals surface area contributed by atoms with Gasteiger partial charge in [0.1, 0.15) is 12.1 Å². The summed E-state index contributed by atoms with van der Waals surface area (Å²) < 4.78 is 0. The minimum absolute atomic E-state index is 0.259. The van der Waals surface area contributed by atoms with E-state index in [-0.39, 0.29) is 18.4 Å². The molecular formula is C20H30N4O3. The summed E-state index contributed by atoms with van der Waals surface area (Å²) in [6.45, 7) is 7.72. The van der Waals surface area contributed by atoms with Gasteiger partial charge in [-0.1, -0.05) is 45.0 Å². The summed E-state index contributed by atoms with van der Waals surface area (Å²) in [6, 6.07) is 7.53. The van der Waals surface area contributed by atoms with E-state index in [1.807, 2.05) is 26.0 Å². The van der Waals surface area contributed by atoms with Crippen molar-refractivity contribution in [3.05, 3.63) is 35.4 Å². The van der Waals surface area contributed by atoms with Crippen molar-refractivity contribution in [3.63, 3.8) is 0 Å². The zero-order valence-corrected chi connectivity index (χ0v) is 16.7. The SMILES string of the molecule is CCN(C)Cc1cccc(CNC(=O)CN2C(=O)NC(CC)(CC)C2=O)c1. The third kappa shape index (κ3) is 4.86. The van der Waals surface area contributed by atoms with Crippen molar-refractivity contribution in [1.82, 2.24) is 20.4 Å². The summed E-state index contributed by atoms with van der Waals surface area (Å²) in [5.41, 5.74) is 1.28. The number of urea groups is 1. The smallest absolute Gasteiger partial charge is 0.325 e. The maximum atomic E-state index is 12.5. The molecule has 1 aromatic carbocycles. The summed E-state index contributed by atoms with van der Waals surface area (Å²) in [4.78, 5) is 40.1. The molecule has 1 fully saturated rings. The molecule has 7 heteroatoms. The van der Waals surface area contributed by atoms with E-state index in [0.717, 1.165) is 23.6 Å². The summed E-state index contributed by atoms with van der Waals surface area (Å²) >= 11 is 0. The Hall–Kier alpha value is -2.41. The van der Waals surface area contributed by atoms with E-state index >= 15 is 0 Å². The zero-order chi connectivity index (χ0) is 20.0. The molecule has 0 spiro atoms. The fourth-order valence-corrected chi connectivity index (χ4v) is 3.21. The Kier molecular flexibility index (Phi) is 6.96. The number of amides is 4. The molecule has 0 saturated carbocycles. The number of rotatable bonds is 9. The Labute approximate surface area is 161 Å². The van der Waals surface area contributed by atoms with Gasteiger partial charge in [-0.15, -0.1) is 0 Å². The normalized spacial score (nSPS) is 16.0. The van der Waals surface area contributed by atoms with E-state index in [1.54, 1.807) is 0 Å². The number of imide groups is 1. The van der Waals surface area contributed by atoms with Gasteiger partial charge >= 0.3 is 6.03 Å². The van der Waals surface area contributed by atoms with Crippen LogP contribution in [0.15, 0.2) is 24.3 Å². The van der Waals surface area contributed by atoms with E-state index in [2.05, 4.69) is 41.6 Å². The molecule has 0 aromatic heterocycles. The first kappa shape index (κ1) is 20.9. The maximum absolute atomic E-state index is 12.5. The molecule has 1 aliphatic heterocycles. The molecule has 2 rings (SSSR count). The monoisotopic (exact) mass is 374 g/mol. The second-order valence-corrected chi connectivity index (χ2v) is 7.04. The first-order chi connectivity index (χ1) is 12.8. The standard InChI is InChI=1S/C20H30N4O3/c1-5-20(6-2)18(26)24(19(27)22-20)14-17(25)21-12-15-9-8-10-16(11-15)13-23(4)7-3/h8-11H,5-7,12-14H2,1-4H3,(H,21,25)(H,22,27). The van der Waals surface area contributed by atoms with Crippen LogP contribution >= 0.6 is 0 Å². The second-order valence-electron chi connectivity index (χ2n) is 7.04. The number of carbonyl (C=O) groups is 3. The van der Waals surface area contributed by atoms with Crippen LogP contribution in [0.5, 0.6) is 0 Å². The lowest BCUT2D eigenvalue weighted by Gasteiger charge is -2.23. The average Bonchev–Trinajstić information content (AvgIpc) is 2.91. The molecule has 0 radical (unpaired) electrons. The molecule has 4 amide bonds. The number of hydrogen-bond acceptors (Lipinski definition) is 4. The van der Waals surface area contributed by atoms with E-state index < -0.39 is 11.6 Å². The third-order valence-electron chi connectivity index (χ3n) is 5.23. The van der Waals surface area contributed by atoms with Crippen molar-refractivity contribution >= 4 is 17.8 Å². The lowest BCUT2D eigenvalue weighted by atomic mass is 9.93. The molecule has 1 aliphatic rings. The molecule has 0 aliphatic carbocycles. The van der Waals surface area contributed by atoms with E-state index in [4.69, 9.17) is 0 Å². The van der Waals surface area contributed by atoms with E-state index in [0.29, 0.717) is 19.4 Å². The van der Waals surface area contributed by atoms with Gasteiger partial charge in [0, 0.05) is 13.1 Å². The highest BCUT2D eigenvalue weighted by Crippen LogP contribution is 2.24. The van der Waals surface area contributed by atoms with Crippen LogP contribution in [0, 0.1) is 0 Å². The molecule has 148 valence electrons. The Balaban J connectivity index is 1.92. The van der Waals surface area contributed by atoms with E-state index in [9.17, 15) is 14.4 Å². The van der Waals surface area contributed by atoms with Crippen LogP contribution in [0.3, 0.4) is 0 Å². The molecule has 0 bridgehead atoms. The number of nitrogens with zero attached hydrogens (tertiary/aromatic N) is 2. The average molecular weight is 374 g/mol. The summed E-state index contributed by atoms with van der Waals surface area (Å²) in [5.74, 6) is -0.671. The van der Waals surface area contributed by atoms with Gasteiger partial charge in [0.15, 0.2) is 0 Å². The van der Waals surface area contributed by atoms with Crippen LogP contribution < -0.4 is 10.6 Å². The van der Waals surface area contributed by atoms with Crippen molar-refractivity contribution in [2.45, 2.75) is 52.2 Å². The van der Waals surface area contributed by atoms with Gasteiger partial charge in [-0.05, 0) is 37.6 Å². The van der Waals surface area contributed by atoms with Gasteiger partial charge in [-0.2, -0.15) is 0 Å². The van der Waals surface area contributed by atoms with Crippen LogP contribution in [0.1, 0.15) is 44.7 Å². The summed E-state index contributed by atoms with van der Waals surface area (Å²) in [5, 5.41) is 5.53. The molecule has 1 heterocycles. The van der Waals surface area contributed by atoms with Crippen molar-refractivity contribution in [3.8, 4) is 0 Å². The van der Waals surface area contributed by atoms with Gasteiger partial charge in [0.2, 0.25) is 5.91 Å². The minimum atomic E-state index is -0.878. The van der Waals surface area contributed by atoms with Crippen molar-refractivity contribution in [1.29, 1.82) is 0 Å². The maximum Gasteiger partial charge on any atom is 0.325 e. The topological polar surface area (TPSA) is 81.8 Å². The summed E-state index contributed by atoms with van der Waals surface area (Å²) in [7, 11) is 2.05.